The van der Waals surface area contributed by atoms with Gasteiger partial charge in [0.2, 0.25) is 16.0 Å². The van der Waals surface area contributed by atoms with Crippen molar-refractivity contribution in [1.29, 1.82) is 0 Å². The summed E-state index contributed by atoms with van der Waals surface area (Å²) in [5.41, 5.74) is 5.59. The van der Waals surface area contributed by atoms with E-state index < -0.39 is 16.3 Å². The van der Waals surface area contributed by atoms with E-state index in [-0.39, 0.29) is 36.2 Å². The maximum absolute atomic E-state index is 12.9. The lowest BCUT2D eigenvalue weighted by molar-refractivity contribution is -0.276. The fraction of sp³-hybridized carbons (Fsp3) is 0.300. The summed E-state index contributed by atoms with van der Waals surface area (Å²) in [6.07, 6.45) is 2.67. The molecule has 2 saturated heterocycles. The highest BCUT2D eigenvalue weighted by Crippen LogP contribution is 2.42. The first kappa shape index (κ1) is 34.9. The molecular weight excluding hydrogens is 663 g/mol. The lowest BCUT2D eigenvalue weighted by Crippen LogP contribution is -2.51. The molecule has 0 amide bonds. The van der Waals surface area contributed by atoms with Crippen molar-refractivity contribution in [3.05, 3.63) is 144 Å². The van der Waals surface area contributed by atoms with E-state index in [1.807, 2.05) is 78.9 Å². The third-order valence-corrected chi connectivity index (χ3v) is 11.2. The van der Waals surface area contributed by atoms with Crippen LogP contribution in [0.2, 0.25) is 0 Å². The van der Waals surface area contributed by atoms with Gasteiger partial charge in [-0.3, -0.25) is 4.90 Å². The van der Waals surface area contributed by atoms with Gasteiger partial charge in [0.25, 0.3) is 0 Å². The van der Waals surface area contributed by atoms with Crippen LogP contribution in [0, 0.1) is 5.92 Å². The van der Waals surface area contributed by atoms with Gasteiger partial charge in [-0.2, -0.15) is 0 Å². The van der Waals surface area contributed by atoms with Crippen LogP contribution >= 0.6 is 0 Å². The van der Waals surface area contributed by atoms with Crippen molar-refractivity contribution >= 4 is 16.0 Å². The Kier molecular flexibility index (Phi) is 10.8. The van der Waals surface area contributed by atoms with Crippen LogP contribution in [0.15, 0.2) is 126 Å². The van der Waals surface area contributed by atoms with Crippen LogP contribution in [0.4, 0.5) is 5.95 Å². The molecule has 0 saturated carbocycles. The number of ether oxygens (including phenoxy) is 2. The molecule has 0 bridgehead atoms. The second kappa shape index (κ2) is 15.8. The number of nitrogens with one attached hydrogen (secondary N) is 1. The highest BCUT2D eigenvalue weighted by Gasteiger charge is 2.39. The number of rotatable bonds is 11. The van der Waals surface area contributed by atoms with Gasteiger partial charge in [-0.25, -0.2) is 23.1 Å². The summed E-state index contributed by atoms with van der Waals surface area (Å²) in [7, 11) is -3.65. The number of aromatic nitrogens is 2. The van der Waals surface area contributed by atoms with Crippen molar-refractivity contribution in [2.45, 2.75) is 43.5 Å². The maximum atomic E-state index is 12.9. The van der Waals surface area contributed by atoms with Crippen molar-refractivity contribution in [3.63, 3.8) is 0 Å². The predicted octanol–water partition coefficient (Wildman–Crippen LogP) is 5.73. The van der Waals surface area contributed by atoms with E-state index in [2.05, 4.69) is 31.4 Å². The molecule has 11 heteroatoms. The number of hydrogen-bond donors (Lipinski definition) is 2. The van der Waals surface area contributed by atoms with Crippen LogP contribution in [0.25, 0.3) is 11.1 Å². The summed E-state index contributed by atoms with van der Waals surface area (Å²) in [5.74, 6) is 0.835. The van der Waals surface area contributed by atoms with Gasteiger partial charge < -0.3 is 19.5 Å². The van der Waals surface area contributed by atoms with E-state index in [9.17, 15) is 13.5 Å². The monoisotopic (exact) mass is 705 g/mol. The standard InChI is InChI=1S/C40H43N5O5S/c1-29-37(27-44-22-24-45(25-23-44)40-41-20-7-21-42-40)49-39(50-38(29)32-14-12-30(28-46)13-15-32)33-18-16-31(17-19-33)36-11-6-5-8-34(36)26-43-51(47,48)35-9-3-2-4-10-35/h2-21,29,37-39,43,46H,22-28H2,1H3. The van der Waals surface area contributed by atoms with Crippen molar-refractivity contribution in [3.8, 4) is 11.1 Å². The van der Waals surface area contributed by atoms with E-state index >= 15 is 0 Å². The number of benzene rings is 4. The third kappa shape index (κ3) is 8.20. The summed E-state index contributed by atoms with van der Waals surface area (Å²) >= 11 is 0. The first-order chi connectivity index (χ1) is 24.9. The Morgan fingerprint density at radius 1 is 0.784 bits per heavy atom. The zero-order chi connectivity index (χ0) is 35.2. The van der Waals surface area contributed by atoms with E-state index in [1.54, 1.807) is 42.7 Å². The Hall–Kier alpha value is -4.49. The average molecular weight is 706 g/mol. The van der Waals surface area contributed by atoms with Crippen molar-refractivity contribution in [1.82, 2.24) is 19.6 Å². The van der Waals surface area contributed by atoms with Gasteiger partial charge in [-0.1, -0.05) is 97.9 Å². The molecule has 2 N–H and O–H groups in total. The lowest BCUT2D eigenvalue weighted by Gasteiger charge is -2.44. The molecule has 264 valence electrons. The largest absolute Gasteiger partial charge is 0.392 e. The Morgan fingerprint density at radius 3 is 2.16 bits per heavy atom. The zero-order valence-electron chi connectivity index (χ0n) is 28.6. The molecule has 0 radical (unpaired) electrons. The highest BCUT2D eigenvalue weighted by molar-refractivity contribution is 7.89. The van der Waals surface area contributed by atoms with Crippen LogP contribution in [0.1, 0.15) is 41.6 Å². The van der Waals surface area contributed by atoms with Crippen LogP contribution < -0.4 is 9.62 Å². The fourth-order valence-corrected chi connectivity index (χ4v) is 7.83. The molecular formula is C40H43N5O5S. The van der Waals surface area contributed by atoms with E-state index in [1.165, 1.54) is 0 Å². The minimum atomic E-state index is -3.65. The van der Waals surface area contributed by atoms with Crippen molar-refractivity contribution in [2.24, 2.45) is 5.92 Å². The molecule has 3 heterocycles. The molecule has 2 fully saturated rings. The summed E-state index contributed by atoms with van der Waals surface area (Å²) in [4.78, 5) is 13.8. The van der Waals surface area contributed by atoms with Crippen molar-refractivity contribution < 1.29 is 23.0 Å². The molecule has 5 aromatic rings. The molecule has 10 nitrogen and oxygen atoms in total. The topological polar surface area (TPSA) is 117 Å². The van der Waals surface area contributed by atoms with Gasteiger partial charge in [-0.15, -0.1) is 0 Å². The molecule has 2 aliphatic rings. The second-order valence-corrected chi connectivity index (χ2v) is 14.8. The molecule has 4 unspecified atom stereocenters. The van der Waals surface area contributed by atoms with Gasteiger partial charge in [-0.05, 0) is 46.0 Å². The quantitative estimate of drug-likeness (QED) is 0.178. The van der Waals surface area contributed by atoms with Gasteiger partial charge >= 0.3 is 0 Å². The summed E-state index contributed by atoms with van der Waals surface area (Å²) < 4.78 is 42.1. The average Bonchev–Trinajstić information content (AvgIpc) is 3.19. The summed E-state index contributed by atoms with van der Waals surface area (Å²) in [6, 6.07) is 34.1. The van der Waals surface area contributed by atoms with E-state index in [0.717, 1.165) is 72.1 Å². The minimum Gasteiger partial charge on any atom is -0.392 e. The van der Waals surface area contributed by atoms with Crippen LogP contribution in [-0.2, 0) is 32.6 Å². The predicted molar refractivity (Wildman–Crippen MR) is 196 cm³/mol. The maximum Gasteiger partial charge on any atom is 0.240 e. The normalized spacial score (nSPS) is 21.4. The first-order valence-electron chi connectivity index (χ1n) is 17.4. The Bertz CT molecular complexity index is 1970. The molecule has 0 spiro atoms. The Labute approximate surface area is 299 Å². The van der Waals surface area contributed by atoms with Gasteiger partial charge in [0.05, 0.1) is 23.7 Å². The molecule has 4 atom stereocenters. The van der Waals surface area contributed by atoms with E-state index in [4.69, 9.17) is 9.47 Å². The summed E-state index contributed by atoms with van der Waals surface area (Å²) in [6.45, 7) is 6.54. The van der Waals surface area contributed by atoms with Crippen LogP contribution in [-0.4, -0.2) is 67.2 Å². The van der Waals surface area contributed by atoms with E-state index in [0.29, 0.717) is 0 Å². The summed E-state index contributed by atoms with van der Waals surface area (Å²) in [5, 5.41) is 9.63. The minimum absolute atomic E-state index is 0.00983. The number of anilines is 1. The smallest absolute Gasteiger partial charge is 0.240 e. The Morgan fingerprint density at radius 2 is 1.45 bits per heavy atom. The molecule has 1 aromatic heterocycles. The zero-order valence-corrected chi connectivity index (χ0v) is 29.4. The molecule has 2 aliphatic heterocycles. The molecule has 51 heavy (non-hydrogen) atoms. The fourth-order valence-electron chi connectivity index (χ4n) is 6.80. The first-order valence-corrected chi connectivity index (χ1v) is 18.8. The number of sulfonamides is 1. The molecule has 7 rings (SSSR count). The van der Waals surface area contributed by atoms with Gasteiger partial charge in [0.1, 0.15) is 0 Å². The Balaban J connectivity index is 1.08. The number of aliphatic hydroxyl groups excluding tert-OH is 1. The molecule has 4 aromatic carbocycles. The third-order valence-electron chi connectivity index (χ3n) is 9.79. The molecule has 0 aliphatic carbocycles. The second-order valence-electron chi connectivity index (χ2n) is 13.1. The number of piperazine rings is 1. The SMILES string of the molecule is CC1C(CN2CCN(c3ncccn3)CC2)OC(c2ccc(-c3ccccc3CNS(=O)(=O)c3ccccc3)cc2)OC1c1ccc(CO)cc1. The highest BCUT2D eigenvalue weighted by atomic mass is 32.2. The number of nitrogens with zero attached hydrogens (tertiary/aromatic N) is 4. The van der Waals surface area contributed by atoms with Crippen LogP contribution in [0.3, 0.4) is 0 Å². The number of aliphatic hydroxyl groups is 1. The van der Waals surface area contributed by atoms with Crippen molar-refractivity contribution in [2.75, 3.05) is 37.6 Å². The van der Waals surface area contributed by atoms with Gasteiger partial charge in [0.15, 0.2) is 6.29 Å². The van der Waals surface area contributed by atoms with Crippen LogP contribution in [0.5, 0.6) is 0 Å². The lowest BCUT2D eigenvalue weighted by atomic mass is 9.89. The number of hydrogen-bond acceptors (Lipinski definition) is 9. The van der Waals surface area contributed by atoms with Gasteiger partial charge in [0, 0.05) is 63.1 Å².